The fourth-order valence-corrected chi connectivity index (χ4v) is 1.77. The number of hydrogen-bond acceptors (Lipinski definition) is 2. The molecule has 1 saturated carbocycles. The number of rotatable bonds is 2. The average molecular weight is 190 g/mol. The summed E-state index contributed by atoms with van der Waals surface area (Å²) in [7, 11) is 0. The van der Waals surface area contributed by atoms with Crippen molar-refractivity contribution in [1.82, 2.24) is 0 Å². The lowest BCUT2D eigenvalue weighted by atomic mass is 9.95. The van der Waals surface area contributed by atoms with Crippen molar-refractivity contribution in [3.8, 4) is 0 Å². The Hall–Kier alpha value is -1.02. The van der Waals surface area contributed by atoms with Crippen LogP contribution < -0.4 is 11.5 Å². The molecule has 1 fully saturated rings. The first-order valence-corrected chi connectivity index (χ1v) is 5.22. The highest BCUT2D eigenvalue weighted by atomic mass is 14.8. The fraction of sp³-hybridized carbons (Fsp3) is 0.500. The zero-order chi connectivity index (χ0) is 10.3. The summed E-state index contributed by atoms with van der Waals surface area (Å²) in [5.41, 5.74) is 15.3. The molecule has 1 aromatic rings. The SMILES string of the molecule is CC(C)c1ccc(N)c(C2(N)CC2)c1. The van der Waals surface area contributed by atoms with Crippen molar-refractivity contribution < 1.29 is 0 Å². The average Bonchev–Trinajstić information content (AvgIpc) is 2.85. The number of anilines is 1. The minimum atomic E-state index is -0.116. The summed E-state index contributed by atoms with van der Waals surface area (Å²) in [5.74, 6) is 0.539. The maximum atomic E-state index is 6.16. The fourth-order valence-electron chi connectivity index (χ4n) is 1.77. The van der Waals surface area contributed by atoms with E-state index in [1.165, 1.54) is 5.56 Å². The van der Waals surface area contributed by atoms with Crippen LogP contribution in [0.1, 0.15) is 43.7 Å². The van der Waals surface area contributed by atoms with Crippen LogP contribution in [0.5, 0.6) is 0 Å². The molecule has 4 N–H and O–H groups in total. The zero-order valence-electron chi connectivity index (χ0n) is 8.88. The van der Waals surface area contributed by atoms with Gasteiger partial charge in [0, 0.05) is 11.2 Å². The Labute approximate surface area is 85.3 Å². The van der Waals surface area contributed by atoms with Crippen molar-refractivity contribution >= 4 is 5.69 Å². The van der Waals surface area contributed by atoms with Gasteiger partial charge in [-0.15, -0.1) is 0 Å². The van der Waals surface area contributed by atoms with Gasteiger partial charge >= 0.3 is 0 Å². The van der Waals surface area contributed by atoms with Gasteiger partial charge in [0.05, 0.1) is 0 Å². The van der Waals surface area contributed by atoms with Gasteiger partial charge in [-0.25, -0.2) is 0 Å². The molecule has 1 aliphatic rings. The van der Waals surface area contributed by atoms with Crippen LogP contribution in [-0.2, 0) is 5.54 Å². The van der Waals surface area contributed by atoms with E-state index >= 15 is 0 Å². The molecule has 14 heavy (non-hydrogen) atoms. The molecule has 0 amide bonds. The monoisotopic (exact) mass is 190 g/mol. The van der Waals surface area contributed by atoms with E-state index in [0.29, 0.717) is 5.92 Å². The summed E-state index contributed by atoms with van der Waals surface area (Å²) >= 11 is 0. The van der Waals surface area contributed by atoms with Crippen LogP contribution >= 0.6 is 0 Å². The molecular weight excluding hydrogens is 172 g/mol. The van der Waals surface area contributed by atoms with E-state index in [-0.39, 0.29) is 5.54 Å². The largest absolute Gasteiger partial charge is 0.398 e. The lowest BCUT2D eigenvalue weighted by Crippen LogP contribution is -2.20. The molecule has 1 aromatic carbocycles. The Bertz CT molecular complexity index is 351. The van der Waals surface area contributed by atoms with E-state index in [9.17, 15) is 0 Å². The van der Waals surface area contributed by atoms with E-state index in [1.807, 2.05) is 6.07 Å². The normalized spacial score (nSPS) is 18.6. The second kappa shape index (κ2) is 2.99. The van der Waals surface area contributed by atoms with Gasteiger partial charge in [-0.2, -0.15) is 0 Å². The van der Waals surface area contributed by atoms with Crippen LogP contribution in [0, 0.1) is 0 Å². The molecule has 0 bridgehead atoms. The van der Waals surface area contributed by atoms with Crippen LogP contribution in [0.25, 0.3) is 0 Å². The Morgan fingerprint density at radius 3 is 2.43 bits per heavy atom. The van der Waals surface area contributed by atoms with Gasteiger partial charge < -0.3 is 11.5 Å². The predicted octanol–water partition coefficient (Wildman–Crippen LogP) is 2.34. The molecule has 0 spiro atoms. The number of nitrogen functional groups attached to an aromatic ring is 1. The van der Waals surface area contributed by atoms with Gasteiger partial charge in [0.15, 0.2) is 0 Å². The van der Waals surface area contributed by atoms with E-state index in [4.69, 9.17) is 11.5 Å². The summed E-state index contributed by atoms with van der Waals surface area (Å²) in [5, 5.41) is 0. The van der Waals surface area contributed by atoms with Crippen molar-refractivity contribution in [1.29, 1.82) is 0 Å². The quantitative estimate of drug-likeness (QED) is 0.703. The maximum Gasteiger partial charge on any atom is 0.0431 e. The van der Waals surface area contributed by atoms with E-state index in [1.54, 1.807) is 0 Å². The van der Waals surface area contributed by atoms with Gasteiger partial charge in [-0.05, 0) is 36.0 Å². The van der Waals surface area contributed by atoms with Crippen molar-refractivity contribution in [2.24, 2.45) is 5.73 Å². The van der Waals surface area contributed by atoms with E-state index in [2.05, 4.69) is 26.0 Å². The van der Waals surface area contributed by atoms with Crippen LogP contribution in [0.4, 0.5) is 5.69 Å². The van der Waals surface area contributed by atoms with Crippen molar-refractivity contribution in [2.75, 3.05) is 5.73 Å². The number of hydrogen-bond donors (Lipinski definition) is 2. The molecule has 2 rings (SSSR count). The Balaban J connectivity index is 2.43. The van der Waals surface area contributed by atoms with Gasteiger partial charge in [-0.3, -0.25) is 0 Å². The standard InChI is InChI=1S/C12H18N2/c1-8(2)9-3-4-11(13)10(7-9)12(14)5-6-12/h3-4,7-8H,5-6,13-14H2,1-2H3. The van der Waals surface area contributed by atoms with Crippen LogP contribution in [0.3, 0.4) is 0 Å². The Morgan fingerprint density at radius 2 is 1.93 bits per heavy atom. The highest BCUT2D eigenvalue weighted by Gasteiger charge is 2.41. The maximum absolute atomic E-state index is 6.16. The molecule has 0 aromatic heterocycles. The van der Waals surface area contributed by atoms with Crippen LogP contribution in [0.2, 0.25) is 0 Å². The summed E-state index contributed by atoms with van der Waals surface area (Å²) < 4.78 is 0. The minimum absolute atomic E-state index is 0.116. The van der Waals surface area contributed by atoms with Crippen molar-refractivity contribution in [3.05, 3.63) is 29.3 Å². The molecule has 1 aliphatic carbocycles. The molecule has 0 radical (unpaired) electrons. The molecule has 2 heteroatoms. The molecule has 0 aliphatic heterocycles. The Kier molecular flexibility index (Phi) is 2.04. The number of nitrogens with two attached hydrogens (primary N) is 2. The molecule has 0 unspecified atom stereocenters. The highest BCUT2D eigenvalue weighted by molar-refractivity contribution is 5.54. The summed E-state index contributed by atoms with van der Waals surface area (Å²) in [4.78, 5) is 0. The second-order valence-corrected chi connectivity index (χ2v) is 4.66. The highest BCUT2D eigenvalue weighted by Crippen LogP contribution is 2.45. The molecule has 0 saturated heterocycles. The van der Waals surface area contributed by atoms with Crippen molar-refractivity contribution in [2.45, 2.75) is 38.1 Å². The van der Waals surface area contributed by atoms with Gasteiger partial charge in [0.25, 0.3) is 0 Å². The molecule has 0 atom stereocenters. The molecule has 0 heterocycles. The predicted molar refractivity (Wildman–Crippen MR) is 60.0 cm³/mol. The molecule has 76 valence electrons. The molecule has 2 nitrogen and oxygen atoms in total. The lowest BCUT2D eigenvalue weighted by molar-refractivity contribution is 0.737. The minimum Gasteiger partial charge on any atom is -0.398 e. The van der Waals surface area contributed by atoms with Gasteiger partial charge in [0.1, 0.15) is 0 Å². The lowest BCUT2D eigenvalue weighted by Gasteiger charge is -2.15. The first-order valence-electron chi connectivity index (χ1n) is 5.22. The van der Waals surface area contributed by atoms with E-state index < -0.39 is 0 Å². The van der Waals surface area contributed by atoms with Crippen LogP contribution in [0.15, 0.2) is 18.2 Å². The Morgan fingerprint density at radius 1 is 1.29 bits per heavy atom. The summed E-state index contributed by atoms with van der Waals surface area (Å²) in [6.45, 7) is 4.37. The van der Waals surface area contributed by atoms with Gasteiger partial charge in [-0.1, -0.05) is 26.0 Å². The van der Waals surface area contributed by atoms with Gasteiger partial charge in [0.2, 0.25) is 0 Å². The second-order valence-electron chi connectivity index (χ2n) is 4.66. The first-order chi connectivity index (χ1) is 6.53. The topological polar surface area (TPSA) is 52.0 Å². The zero-order valence-corrected chi connectivity index (χ0v) is 8.88. The van der Waals surface area contributed by atoms with Crippen molar-refractivity contribution in [3.63, 3.8) is 0 Å². The third-order valence-corrected chi connectivity index (χ3v) is 3.07. The summed E-state index contributed by atoms with van der Waals surface area (Å²) in [6.07, 6.45) is 2.14. The summed E-state index contributed by atoms with van der Waals surface area (Å²) in [6, 6.07) is 6.25. The first kappa shape index (κ1) is 9.53. The third kappa shape index (κ3) is 1.50. The smallest absolute Gasteiger partial charge is 0.0431 e. The van der Waals surface area contributed by atoms with Crippen LogP contribution in [-0.4, -0.2) is 0 Å². The number of benzene rings is 1. The van der Waals surface area contributed by atoms with E-state index in [0.717, 1.165) is 24.1 Å². The third-order valence-electron chi connectivity index (χ3n) is 3.07. The molecular formula is C12H18N2.